The van der Waals surface area contributed by atoms with E-state index in [9.17, 15) is 4.79 Å². The van der Waals surface area contributed by atoms with Crippen molar-refractivity contribution in [1.29, 1.82) is 0 Å². The fourth-order valence-electron chi connectivity index (χ4n) is 6.03. The highest BCUT2D eigenvalue weighted by molar-refractivity contribution is 6.00. The van der Waals surface area contributed by atoms with Gasteiger partial charge in [-0.1, -0.05) is 48.5 Å². The van der Waals surface area contributed by atoms with Crippen molar-refractivity contribution in [2.75, 3.05) is 19.6 Å². The lowest BCUT2D eigenvalue weighted by Crippen LogP contribution is -2.35. The van der Waals surface area contributed by atoms with Gasteiger partial charge < -0.3 is 14.2 Å². The smallest absolute Gasteiger partial charge is 0.166 e. The summed E-state index contributed by atoms with van der Waals surface area (Å²) >= 11 is 0. The van der Waals surface area contributed by atoms with Crippen molar-refractivity contribution < 1.29 is 9.53 Å². The summed E-state index contributed by atoms with van der Waals surface area (Å²) < 4.78 is 8.15. The number of ketones is 1. The molecule has 1 fully saturated rings. The molecule has 1 unspecified atom stereocenters. The first-order valence-electron chi connectivity index (χ1n) is 13.9. The van der Waals surface area contributed by atoms with Crippen LogP contribution in [0.4, 0.5) is 0 Å². The van der Waals surface area contributed by atoms with Crippen LogP contribution in [0.2, 0.25) is 0 Å². The van der Waals surface area contributed by atoms with E-state index in [2.05, 4.69) is 52.3 Å². The molecule has 1 aliphatic carbocycles. The number of carbonyl (C=O) groups excluding carboxylic acids is 1. The van der Waals surface area contributed by atoms with E-state index in [1.54, 1.807) is 6.20 Å². The summed E-state index contributed by atoms with van der Waals surface area (Å²) in [6, 6.07) is 27.0. The summed E-state index contributed by atoms with van der Waals surface area (Å²) in [6.07, 6.45) is 8.97. The Labute approximate surface area is 225 Å². The Morgan fingerprint density at radius 2 is 1.66 bits per heavy atom. The van der Waals surface area contributed by atoms with Gasteiger partial charge in [-0.3, -0.25) is 4.79 Å². The summed E-state index contributed by atoms with van der Waals surface area (Å²) in [5.74, 6) is 2.73. The molecule has 0 bridgehead atoms. The lowest BCUT2D eigenvalue weighted by Gasteiger charge is -2.33. The highest BCUT2D eigenvalue weighted by Crippen LogP contribution is 2.32. The number of aryl methyl sites for hydroxylation is 1. The van der Waals surface area contributed by atoms with E-state index in [1.807, 2.05) is 47.2 Å². The Balaban J connectivity index is 1.02. The summed E-state index contributed by atoms with van der Waals surface area (Å²) in [6.45, 7) is 3.64. The Kier molecular flexibility index (Phi) is 7.36. The second-order valence-electron chi connectivity index (χ2n) is 10.6. The maximum Gasteiger partial charge on any atom is 0.166 e. The molecule has 6 rings (SSSR count). The van der Waals surface area contributed by atoms with Gasteiger partial charge in [0.15, 0.2) is 11.6 Å². The standard InChI is InChI=1S/C33H35N3O2/c37-33-27(17-21-35-19-15-26(16-20-35)25-7-3-1-4-8-25)11-12-28-23-30(13-14-31(28)33)38-24-32-34-18-22-36(32)29-9-5-2-6-10-29/h1-10,13-14,18,22-23,26-27H,11-12,15-17,19-21,24H2. The third kappa shape index (κ3) is 5.44. The minimum absolute atomic E-state index is 0.125. The maximum atomic E-state index is 13.3. The van der Waals surface area contributed by atoms with Crippen LogP contribution in [0.25, 0.3) is 5.69 Å². The molecule has 0 radical (unpaired) electrons. The number of piperidine rings is 1. The predicted octanol–water partition coefficient (Wildman–Crippen LogP) is 6.47. The molecule has 0 N–H and O–H groups in total. The Hall–Kier alpha value is -3.70. The van der Waals surface area contributed by atoms with E-state index in [0.29, 0.717) is 18.3 Å². The number of ether oxygens (including phenoxy) is 1. The minimum Gasteiger partial charge on any atom is -0.486 e. The quantitative estimate of drug-likeness (QED) is 0.276. The van der Waals surface area contributed by atoms with Crippen molar-refractivity contribution in [3.8, 4) is 11.4 Å². The first-order valence-corrected chi connectivity index (χ1v) is 13.9. The van der Waals surface area contributed by atoms with Gasteiger partial charge in [-0.2, -0.15) is 0 Å². The van der Waals surface area contributed by atoms with Crippen LogP contribution in [0.5, 0.6) is 5.75 Å². The van der Waals surface area contributed by atoms with Gasteiger partial charge in [0.2, 0.25) is 0 Å². The monoisotopic (exact) mass is 505 g/mol. The topological polar surface area (TPSA) is 47.4 Å². The second-order valence-corrected chi connectivity index (χ2v) is 10.6. The van der Waals surface area contributed by atoms with E-state index in [1.165, 1.54) is 18.4 Å². The van der Waals surface area contributed by atoms with Crippen molar-refractivity contribution in [3.05, 3.63) is 114 Å². The molecule has 2 aliphatic rings. The number of nitrogens with zero attached hydrogens (tertiary/aromatic N) is 3. The highest BCUT2D eigenvalue weighted by Gasteiger charge is 2.29. The summed E-state index contributed by atoms with van der Waals surface area (Å²) in [5, 5.41) is 0. The van der Waals surface area contributed by atoms with E-state index >= 15 is 0 Å². The number of para-hydroxylation sites is 1. The number of imidazole rings is 1. The summed E-state index contributed by atoms with van der Waals surface area (Å²) in [7, 11) is 0. The van der Waals surface area contributed by atoms with Crippen LogP contribution in [-0.2, 0) is 13.0 Å². The number of hydrogen-bond donors (Lipinski definition) is 0. The van der Waals surface area contributed by atoms with Gasteiger partial charge in [0.25, 0.3) is 0 Å². The zero-order valence-electron chi connectivity index (χ0n) is 21.8. The van der Waals surface area contributed by atoms with Crippen LogP contribution in [0.3, 0.4) is 0 Å². The van der Waals surface area contributed by atoms with Crippen molar-refractivity contribution >= 4 is 5.78 Å². The van der Waals surface area contributed by atoms with Crippen LogP contribution in [0, 0.1) is 5.92 Å². The predicted molar refractivity (Wildman–Crippen MR) is 150 cm³/mol. The first-order chi connectivity index (χ1) is 18.7. The Morgan fingerprint density at radius 3 is 2.45 bits per heavy atom. The molecule has 1 aliphatic heterocycles. The van der Waals surface area contributed by atoms with Crippen LogP contribution in [0.15, 0.2) is 91.3 Å². The summed E-state index contributed by atoms with van der Waals surface area (Å²) in [5.41, 5.74) is 4.52. The Morgan fingerprint density at radius 1 is 0.895 bits per heavy atom. The normalized spacial score (nSPS) is 18.3. The molecule has 2 heterocycles. The average molecular weight is 506 g/mol. The third-order valence-electron chi connectivity index (χ3n) is 8.25. The molecular weight excluding hydrogens is 470 g/mol. The molecule has 4 aromatic rings. The fraction of sp³-hybridized carbons (Fsp3) is 0.333. The first kappa shape index (κ1) is 24.6. The lowest BCUT2D eigenvalue weighted by atomic mass is 9.80. The van der Waals surface area contributed by atoms with Crippen LogP contribution < -0.4 is 4.74 Å². The zero-order valence-corrected chi connectivity index (χ0v) is 21.8. The molecule has 5 nitrogen and oxygen atoms in total. The van der Waals surface area contributed by atoms with Crippen molar-refractivity contribution in [1.82, 2.24) is 14.5 Å². The van der Waals surface area contributed by atoms with Gasteiger partial charge >= 0.3 is 0 Å². The van der Waals surface area contributed by atoms with E-state index in [4.69, 9.17) is 4.74 Å². The number of benzene rings is 3. The molecule has 38 heavy (non-hydrogen) atoms. The molecule has 1 atom stereocenters. The maximum absolute atomic E-state index is 13.3. The van der Waals surface area contributed by atoms with E-state index in [0.717, 1.165) is 67.3 Å². The van der Waals surface area contributed by atoms with Gasteiger partial charge in [0.1, 0.15) is 12.4 Å². The van der Waals surface area contributed by atoms with Crippen LogP contribution in [-0.4, -0.2) is 39.9 Å². The third-order valence-corrected chi connectivity index (χ3v) is 8.25. The number of carbonyl (C=O) groups is 1. The highest BCUT2D eigenvalue weighted by atomic mass is 16.5. The number of hydrogen-bond acceptors (Lipinski definition) is 4. The number of likely N-dealkylation sites (tertiary alicyclic amines) is 1. The van der Waals surface area contributed by atoms with Gasteiger partial charge in [0, 0.05) is 29.6 Å². The number of rotatable bonds is 8. The fourth-order valence-corrected chi connectivity index (χ4v) is 6.03. The number of Topliss-reactive ketones (excluding diaryl/α,β-unsaturated/α-hetero) is 1. The van der Waals surface area contributed by atoms with Crippen molar-refractivity contribution in [2.24, 2.45) is 5.92 Å². The molecule has 0 amide bonds. The average Bonchev–Trinajstić information content (AvgIpc) is 3.46. The molecule has 194 valence electrons. The molecule has 1 aromatic heterocycles. The summed E-state index contributed by atoms with van der Waals surface area (Å²) in [4.78, 5) is 20.3. The molecule has 5 heteroatoms. The van der Waals surface area contributed by atoms with Crippen molar-refractivity contribution in [2.45, 2.75) is 44.6 Å². The van der Waals surface area contributed by atoms with Gasteiger partial charge in [-0.15, -0.1) is 0 Å². The van der Waals surface area contributed by atoms with E-state index < -0.39 is 0 Å². The molecule has 0 spiro atoms. The largest absolute Gasteiger partial charge is 0.486 e. The molecular formula is C33H35N3O2. The van der Waals surface area contributed by atoms with Gasteiger partial charge in [-0.25, -0.2) is 4.98 Å². The zero-order chi connectivity index (χ0) is 25.7. The van der Waals surface area contributed by atoms with Crippen LogP contribution >= 0.6 is 0 Å². The van der Waals surface area contributed by atoms with E-state index in [-0.39, 0.29) is 5.92 Å². The number of fused-ring (bicyclic) bond motifs is 1. The molecule has 1 saturated heterocycles. The van der Waals surface area contributed by atoms with Crippen molar-refractivity contribution in [3.63, 3.8) is 0 Å². The molecule has 0 saturated carbocycles. The number of aromatic nitrogens is 2. The lowest BCUT2D eigenvalue weighted by molar-refractivity contribution is 0.0877. The molecule has 3 aromatic carbocycles. The second kappa shape index (κ2) is 11.4. The van der Waals surface area contributed by atoms with Gasteiger partial charge in [-0.05, 0) is 99.1 Å². The Bertz CT molecular complexity index is 1360. The van der Waals surface area contributed by atoms with Crippen LogP contribution in [0.1, 0.15) is 58.9 Å². The SMILES string of the molecule is O=C1c2ccc(OCc3nccn3-c3ccccc3)cc2CCC1CCN1CCC(c2ccccc2)CC1. The minimum atomic E-state index is 0.125. The van der Waals surface area contributed by atoms with Gasteiger partial charge in [0.05, 0.1) is 0 Å².